The van der Waals surface area contributed by atoms with Crippen molar-refractivity contribution in [3.63, 3.8) is 0 Å². The minimum Gasteiger partial charge on any atom is -0.365 e. The Bertz CT molecular complexity index is 475. The highest BCUT2D eigenvalue weighted by molar-refractivity contribution is 5.49. The van der Waals surface area contributed by atoms with Crippen LogP contribution >= 0.6 is 0 Å². The first-order chi connectivity index (χ1) is 9.37. The summed E-state index contributed by atoms with van der Waals surface area (Å²) in [5, 5.41) is 3.38. The zero-order valence-corrected chi connectivity index (χ0v) is 12.7. The quantitative estimate of drug-likeness (QED) is 0.843. The number of piperazine rings is 1. The van der Waals surface area contributed by atoms with E-state index in [2.05, 4.69) is 41.0 Å². The third-order valence-corrected chi connectivity index (χ3v) is 3.09. The predicted molar refractivity (Wildman–Crippen MR) is 80.0 cm³/mol. The van der Waals surface area contributed by atoms with E-state index in [1.54, 1.807) is 4.90 Å². The number of aryl methyl sites for hydroxylation is 1. The molecule has 0 unspecified atom stereocenters. The zero-order valence-electron chi connectivity index (χ0n) is 12.7. The van der Waals surface area contributed by atoms with Crippen LogP contribution in [0.4, 0.5) is 11.8 Å². The molecule has 2 rings (SSSR count). The van der Waals surface area contributed by atoms with Crippen molar-refractivity contribution in [2.75, 3.05) is 36.4 Å². The molecule has 1 aliphatic heterocycles. The van der Waals surface area contributed by atoms with Crippen LogP contribution in [0.15, 0.2) is 6.07 Å². The molecule has 0 aromatic carbocycles. The Morgan fingerprint density at radius 2 is 1.85 bits per heavy atom. The molecular weight excluding hydrogens is 254 g/mol. The van der Waals surface area contributed by atoms with E-state index >= 15 is 0 Å². The second kappa shape index (κ2) is 5.64. The summed E-state index contributed by atoms with van der Waals surface area (Å²) in [5.74, 6) is 1.58. The Hall–Kier alpha value is -1.85. The number of nitrogens with zero attached hydrogens (tertiary/aromatic N) is 4. The van der Waals surface area contributed by atoms with E-state index in [1.165, 1.54) is 0 Å². The van der Waals surface area contributed by atoms with E-state index in [1.807, 2.05) is 13.0 Å². The second-order valence-electron chi connectivity index (χ2n) is 6.20. The summed E-state index contributed by atoms with van der Waals surface area (Å²) >= 11 is 0. The Labute approximate surface area is 120 Å². The van der Waals surface area contributed by atoms with Gasteiger partial charge in [0.05, 0.1) is 0 Å². The first-order valence-corrected chi connectivity index (χ1v) is 6.95. The first kappa shape index (κ1) is 14.6. The number of rotatable bonds is 3. The molecule has 1 aliphatic rings. The second-order valence-corrected chi connectivity index (χ2v) is 6.20. The van der Waals surface area contributed by atoms with Gasteiger partial charge in [-0.15, -0.1) is 0 Å². The maximum absolute atomic E-state index is 10.7. The SMILES string of the molecule is Cc1cc(NC(C)(C)C)nc(N2CCN(C=O)CC2)n1. The Morgan fingerprint density at radius 3 is 2.40 bits per heavy atom. The molecule has 1 aromatic heterocycles. The molecule has 6 nitrogen and oxygen atoms in total. The average molecular weight is 277 g/mol. The van der Waals surface area contributed by atoms with Crippen LogP contribution in [0, 0.1) is 6.92 Å². The van der Waals surface area contributed by atoms with Crippen molar-refractivity contribution in [2.24, 2.45) is 0 Å². The Kier molecular flexibility index (Phi) is 4.11. The van der Waals surface area contributed by atoms with Gasteiger partial charge in [0.15, 0.2) is 0 Å². The zero-order chi connectivity index (χ0) is 14.8. The molecule has 110 valence electrons. The summed E-state index contributed by atoms with van der Waals surface area (Å²) in [6, 6.07) is 1.95. The maximum atomic E-state index is 10.7. The van der Waals surface area contributed by atoms with Crippen LogP contribution in [0.25, 0.3) is 0 Å². The van der Waals surface area contributed by atoms with Crippen LogP contribution in [0.2, 0.25) is 0 Å². The number of carbonyl (C=O) groups excluding carboxylic acids is 1. The number of hydrogen-bond donors (Lipinski definition) is 1. The number of nitrogens with one attached hydrogen (secondary N) is 1. The summed E-state index contributed by atoms with van der Waals surface area (Å²) in [4.78, 5) is 23.7. The van der Waals surface area contributed by atoms with Crippen molar-refractivity contribution < 1.29 is 4.79 Å². The highest BCUT2D eigenvalue weighted by Crippen LogP contribution is 2.18. The van der Waals surface area contributed by atoms with E-state index in [0.29, 0.717) is 0 Å². The molecule has 0 saturated carbocycles. The molecule has 0 aliphatic carbocycles. The number of amides is 1. The summed E-state index contributed by atoms with van der Waals surface area (Å²) in [7, 11) is 0. The van der Waals surface area contributed by atoms with Crippen LogP contribution in [0.1, 0.15) is 26.5 Å². The molecule has 0 atom stereocenters. The van der Waals surface area contributed by atoms with Gasteiger partial charge in [-0.3, -0.25) is 4.79 Å². The molecule has 1 saturated heterocycles. The molecule has 0 radical (unpaired) electrons. The Morgan fingerprint density at radius 1 is 1.20 bits per heavy atom. The highest BCUT2D eigenvalue weighted by atomic mass is 16.1. The molecule has 0 bridgehead atoms. The van der Waals surface area contributed by atoms with Gasteiger partial charge in [-0.05, 0) is 27.7 Å². The van der Waals surface area contributed by atoms with Crippen LogP contribution in [0.3, 0.4) is 0 Å². The lowest BCUT2D eigenvalue weighted by Gasteiger charge is -2.33. The molecule has 1 fully saturated rings. The maximum Gasteiger partial charge on any atom is 0.227 e. The molecule has 2 heterocycles. The van der Waals surface area contributed by atoms with Crippen molar-refractivity contribution in [2.45, 2.75) is 33.2 Å². The van der Waals surface area contributed by atoms with E-state index in [-0.39, 0.29) is 5.54 Å². The fourth-order valence-electron chi connectivity index (χ4n) is 2.17. The van der Waals surface area contributed by atoms with Gasteiger partial charge in [-0.2, -0.15) is 4.98 Å². The van der Waals surface area contributed by atoms with Gasteiger partial charge in [-0.1, -0.05) is 0 Å². The van der Waals surface area contributed by atoms with Gasteiger partial charge in [0, 0.05) is 43.5 Å². The topological polar surface area (TPSA) is 61.4 Å². The molecule has 1 amide bonds. The van der Waals surface area contributed by atoms with E-state index in [9.17, 15) is 4.79 Å². The van der Waals surface area contributed by atoms with E-state index < -0.39 is 0 Å². The summed E-state index contributed by atoms with van der Waals surface area (Å²) in [5.41, 5.74) is 0.911. The number of aromatic nitrogens is 2. The monoisotopic (exact) mass is 277 g/mol. The number of carbonyl (C=O) groups is 1. The van der Waals surface area contributed by atoms with Crippen LogP contribution in [-0.4, -0.2) is 53.0 Å². The fourth-order valence-corrected chi connectivity index (χ4v) is 2.17. The lowest BCUT2D eigenvalue weighted by molar-refractivity contribution is -0.118. The van der Waals surface area contributed by atoms with Crippen molar-refractivity contribution in [3.05, 3.63) is 11.8 Å². The number of hydrogen-bond acceptors (Lipinski definition) is 5. The molecule has 6 heteroatoms. The van der Waals surface area contributed by atoms with Crippen molar-refractivity contribution >= 4 is 18.2 Å². The fraction of sp³-hybridized carbons (Fsp3) is 0.643. The predicted octanol–water partition coefficient (Wildman–Crippen LogP) is 1.27. The number of anilines is 2. The first-order valence-electron chi connectivity index (χ1n) is 6.95. The van der Waals surface area contributed by atoms with E-state index in [0.717, 1.165) is 50.0 Å². The van der Waals surface area contributed by atoms with Gasteiger partial charge >= 0.3 is 0 Å². The molecular formula is C14H23N5O. The highest BCUT2D eigenvalue weighted by Gasteiger charge is 2.19. The summed E-state index contributed by atoms with van der Waals surface area (Å²) in [6.07, 6.45) is 0.904. The lowest BCUT2D eigenvalue weighted by Crippen LogP contribution is -2.46. The van der Waals surface area contributed by atoms with Crippen LogP contribution in [-0.2, 0) is 4.79 Å². The molecule has 1 aromatic rings. The van der Waals surface area contributed by atoms with Crippen LogP contribution < -0.4 is 10.2 Å². The van der Waals surface area contributed by atoms with E-state index in [4.69, 9.17) is 0 Å². The van der Waals surface area contributed by atoms with Gasteiger partial charge in [0.1, 0.15) is 5.82 Å². The summed E-state index contributed by atoms with van der Waals surface area (Å²) in [6.45, 7) is 11.3. The van der Waals surface area contributed by atoms with Gasteiger partial charge in [0.2, 0.25) is 12.4 Å². The smallest absolute Gasteiger partial charge is 0.227 e. The van der Waals surface area contributed by atoms with Crippen molar-refractivity contribution in [3.8, 4) is 0 Å². The minimum absolute atomic E-state index is 0.0335. The van der Waals surface area contributed by atoms with Crippen LogP contribution in [0.5, 0.6) is 0 Å². The molecule has 0 spiro atoms. The normalized spacial score (nSPS) is 16.2. The third-order valence-electron chi connectivity index (χ3n) is 3.09. The summed E-state index contributed by atoms with van der Waals surface area (Å²) < 4.78 is 0. The molecule has 1 N–H and O–H groups in total. The van der Waals surface area contributed by atoms with Gasteiger partial charge < -0.3 is 15.1 Å². The third kappa shape index (κ3) is 3.82. The average Bonchev–Trinajstić information content (AvgIpc) is 2.36. The minimum atomic E-state index is -0.0335. The lowest BCUT2D eigenvalue weighted by atomic mass is 10.1. The van der Waals surface area contributed by atoms with Gasteiger partial charge in [0.25, 0.3) is 0 Å². The van der Waals surface area contributed by atoms with Crippen molar-refractivity contribution in [1.29, 1.82) is 0 Å². The standard InChI is InChI=1S/C14H23N5O/c1-11-9-12(17-14(2,3)4)16-13(15-11)19-7-5-18(10-20)6-8-19/h9-10H,5-8H2,1-4H3,(H,15,16,17). The van der Waals surface area contributed by atoms with Crippen molar-refractivity contribution in [1.82, 2.24) is 14.9 Å². The molecule has 20 heavy (non-hydrogen) atoms. The van der Waals surface area contributed by atoms with Gasteiger partial charge in [-0.25, -0.2) is 4.98 Å². The Balaban J connectivity index is 2.14. The largest absolute Gasteiger partial charge is 0.365 e.